The van der Waals surface area contributed by atoms with Crippen LogP contribution in [0, 0.1) is 17.2 Å². The number of hydrogen-bond donors (Lipinski definition) is 1. The van der Waals surface area contributed by atoms with Gasteiger partial charge in [-0.05, 0) is 31.4 Å². The molecule has 1 aromatic heterocycles. The van der Waals surface area contributed by atoms with Crippen LogP contribution < -0.4 is 5.32 Å². The topological polar surface area (TPSA) is 48.7 Å². The van der Waals surface area contributed by atoms with Crippen molar-refractivity contribution in [3.8, 4) is 6.07 Å². The Morgan fingerprint density at radius 2 is 2.40 bits per heavy atom. The van der Waals surface area contributed by atoms with Gasteiger partial charge in [0.25, 0.3) is 0 Å². The van der Waals surface area contributed by atoms with Crippen LogP contribution in [-0.4, -0.2) is 11.5 Å². The highest BCUT2D eigenvalue weighted by Gasteiger charge is 2.16. The molecule has 1 saturated carbocycles. The van der Waals surface area contributed by atoms with Crippen molar-refractivity contribution < 1.29 is 0 Å². The fraction of sp³-hybridized carbons (Fsp3) is 0.500. The fourth-order valence-electron chi connectivity index (χ4n) is 1.79. The van der Waals surface area contributed by atoms with E-state index in [1.54, 1.807) is 6.20 Å². The average molecular weight is 201 g/mol. The summed E-state index contributed by atoms with van der Waals surface area (Å²) in [5, 5.41) is 12.2. The lowest BCUT2D eigenvalue weighted by molar-refractivity contribution is 0.301. The average Bonchev–Trinajstić information content (AvgIpc) is 2.22. The molecule has 1 N–H and O–H groups in total. The van der Waals surface area contributed by atoms with Gasteiger partial charge in [-0.15, -0.1) is 0 Å². The summed E-state index contributed by atoms with van der Waals surface area (Å²) in [7, 11) is 0. The van der Waals surface area contributed by atoms with Crippen molar-refractivity contribution in [1.82, 2.24) is 10.3 Å². The van der Waals surface area contributed by atoms with Gasteiger partial charge in [0.2, 0.25) is 0 Å². The molecule has 0 spiro atoms. The summed E-state index contributed by atoms with van der Waals surface area (Å²) in [6, 6.07) is 5.94. The van der Waals surface area contributed by atoms with Gasteiger partial charge in [-0.25, -0.2) is 4.98 Å². The van der Waals surface area contributed by atoms with Gasteiger partial charge < -0.3 is 5.32 Å². The molecule has 3 nitrogen and oxygen atoms in total. The first-order valence-corrected chi connectivity index (χ1v) is 5.45. The highest BCUT2D eigenvalue weighted by molar-refractivity contribution is 5.30. The Bertz CT molecular complexity index is 363. The third-order valence-electron chi connectivity index (χ3n) is 2.97. The van der Waals surface area contributed by atoms with Crippen LogP contribution in [0.1, 0.15) is 30.5 Å². The molecular weight excluding hydrogens is 186 g/mol. The van der Waals surface area contributed by atoms with Crippen molar-refractivity contribution in [2.24, 2.45) is 5.92 Å². The van der Waals surface area contributed by atoms with Crippen molar-refractivity contribution >= 4 is 0 Å². The first-order chi connectivity index (χ1) is 7.40. The smallest absolute Gasteiger partial charge is 0.144 e. The maximum absolute atomic E-state index is 8.84. The lowest BCUT2D eigenvalue weighted by Crippen LogP contribution is -2.27. The molecule has 0 aliphatic heterocycles. The van der Waals surface area contributed by atoms with E-state index in [2.05, 4.69) is 16.4 Å². The molecule has 1 aromatic rings. The van der Waals surface area contributed by atoms with E-state index < -0.39 is 0 Å². The molecule has 78 valence electrons. The molecular formula is C12H15N3. The molecule has 1 heterocycles. The van der Waals surface area contributed by atoms with Crippen LogP contribution in [0.5, 0.6) is 0 Å². The molecule has 0 aromatic carbocycles. The van der Waals surface area contributed by atoms with E-state index in [0.717, 1.165) is 24.6 Å². The first kappa shape index (κ1) is 10.1. The zero-order chi connectivity index (χ0) is 10.5. The molecule has 0 amide bonds. The van der Waals surface area contributed by atoms with Crippen LogP contribution in [0.25, 0.3) is 0 Å². The summed E-state index contributed by atoms with van der Waals surface area (Å²) in [6.07, 6.45) is 5.74. The van der Waals surface area contributed by atoms with Gasteiger partial charge in [-0.3, -0.25) is 0 Å². The van der Waals surface area contributed by atoms with Gasteiger partial charge in [-0.1, -0.05) is 12.5 Å². The molecule has 15 heavy (non-hydrogen) atoms. The summed E-state index contributed by atoms with van der Waals surface area (Å²) >= 11 is 0. The number of aromatic nitrogens is 1. The number of nitriles is 1. The van der Waals surface area contributed by atoms with Crippen LogP contribution in [-0.2, 0) is 6.54 Å². The van der Waals surface area contributed by atoms with Crippen molar-refractivity contribution in [2.75, 3.05) is 6.54 Å². The molecule has 3 heteroatoms. The molecule has 1 aliphatic carbocycles. The summed E-state index contributed by atoms with van der Waals surface area (Å²) in [5.74, 6) is 0.854. The number of hydrogen-bond acceptors (Lipinski definition) is 3. The Morgan fingerprint density at radius 3 is 3.07 bits per heavy atom. The Balaban J connectivity index is 1.84. The second-order valence-corrected chi connectivity index (χ2v) is 4.05. The SMILES string of the molecule is N#Cc1ncccc1CNCC1CCC1. The Hall–Kier alpha value is -1.40. The fourth-order valence-corrected chi connectivity index (χ4v) is 1.79. The van der Waals surface area contributed by atoms with Crippen LogP contribution >= 0.6 is 0 Å². The maximum atomic E-state index is 8.84. The first-order valence-electron chi connectivity index (χ1n) is 5.45. The minimum absolute atomic E-state index is 0.540. The molecule has 0 unspecified atom stereocenters. The largest absolute Gasteiger partial charge is 0.312 e. The summed E-state index contributed by atoms with van der Waals surface area (Å²) in [6.45, 7) is 1.83. The van der Waals surface area contributed by atoms with E-state index in [1.165, 1.54) is 19.3 Å². The lowest BCUT2D eigenvalue weighted by atomic mass is 9.85. The van der Waals surface area contributed by atoms with Gasteiger partial charge in [0.1, 0.15) is 11.8 Å². The van der Waals surface area contributed by atoms with Gasteiger partial charge in [0, 0.05) is 18.3 Å². The minimum Gasteiger partial charge on any atom is -0.312 e. The van der Waals surface area contributed by atoms with E-state index in [1.807, 2.05) is 12.1 Å². The van der Waals surface area contributed by atoms with Gasteiger partial charge >= 0.3 is 0 Å². The van der Waals surface area contributed by atoms with E-state index in [4.69, 9.17) is 5.26 Å². The number of nitrogens with zero attached hydrogens (tertiary/aromatic N) is 2. The van der Waals surface area contributed by atoms with Gasteiger partial charge in [0.05, 0.1) is 0 Å². The highest BCUT2D eigenvalue weighted by atomic mass is 14.9. The van der Waals surface area contributed by atoms with Crippen molar-refractivity contribution in [3.05, 3.63) is 29.6 Å². The molecule has 0 atom stereocenters. The molecule has 0 saturated heterocycles. The zero-order valence-electron chi connectivity index (χ0n) is 8.74. The lowest BCUT2D eigenvalue weighted by Gasteiger charge is -2.25. The Labute approximate surface area is 90.1 Å². The number of rotatable bonds is 4. The standard InChI is InChI=1S/C12H15N3/c13-7-12-11(5-2-6-15-12)9-14-8-10-3-1-4-10/h2,5-6,10,14H,1,3-4,8-9H2. The van der Waals surface area contributed by atoms with Crippen LogP contribution in [0.4, 0.5) is 0 Å². The Kier molecular flexibility index (Phi) is 3.31. The predicted molar refractivity (Wildman–Crippen MR) is 58.0 cm³/mol. The third kappa shape index (κ3) is 2.54. The van der Waals surface area contributed by atoms with Gasteiger partial charge in [-0.2, -0.15) is 5.26 Å². The van der Waals surface area contributed by atoms with E-state index in [9.17, 15) is 0 Å². The second-order valence-electron chi connectivity index (χ2n) is 4.05. The van der Waals surface area contributed by atoms with Gasteiger partial charge in [0.15, 0.2) is 0 Å². The monoisotopic (exact) mass is 201 g/mol. The molecule has 0 radical (unpaired) electrons. The number of pyridine rings is 1. The van der Waals surface area contributed by atoms with Crippen molar-refractivity contribution in [3.63, 3.8) is 0 Å². The molecule has 1 fully saturated rings. The quantitative estimate of drug-likeness (QED) is 0.808. The predicted octanol–water partition coefficient (Wildman–Crippen LogP) is 1.84. The normalized spacial score (nSPS) is 15.7. The van der Waals surface area contributed by atoms with Crippen molar-refractivity contribution in [1.29, 1.82) is 5.26 Å². The second kappa shape index (κ2) is 4.90. The van der Waals surface area contributed by atoms with Crippen LogP contribution in [0.15, 0.2) is 18.3 Å². The van der Waals surface area contributed by atoms with E-state index in [0.29, 0.717) is 5.69 Å². The molecule has 1 aliphatic rings. The summed E-state index contributed by atoms with van der Waals surface area (Å²) < 4.78 is 0. The minimum atomic E-state index is 0.540. The number of nitrogens with one attached hydrogen (secondary N) is 1. The highest BCUT2D eigenvalue weighted by Crippen LogP contribution is 2.25. The molecule has 2 rings (SSSR count). The van der Waals surface area contributed by atoms with E-state index in [-0.39, 0.29) is 0 Å². The third-order valence-corrected chi connectivity index (χ3v) is 2.97. The van der Waals surface area contributed by atoms with Crippen molar-refractivity contribution in [2.45, 2.75) is 25.8 Å². The van der Waals surface area contributed by atoms with Crippen LogP contribution in [0.3, 0.4) is 0 Å². The van der Waals surface area contributed by atoms with Crippen LogP contribution in [0.2, 0.25) is 0 Å². The Morgan fingerprint density at radius 1 is 1.53 bits per heavy atom. The summed E-state index contributed by atoms with van der Waals surface area (Å²) in [5.41, 5.74) is 1.54. The summed E-state index contributed by atoms with van der Waals surface area (Å²) in [4.78, 5) is 4.03. The molecule has 0 bridgehead atoms. The zero-order valence-corrected chi connectivity index (χ0v) is 8.74. The maximum Gasteiger partial charge on any atom is 0.144 e. The van der Waals surface area contributed by atoms with E-state index >= 15 is 0 Å².